The van der Waals surface area contributed by atoms with Crippen LogP contribution in [-0.2, 0) is 6.42 Å². The van der Waals surface area contributed by atoms with Crippen molar-refractivity contribution in [2.45, 2.75) is 20.3 Å². The first-order valence-electron chi connectivity index (χ1n) is 4.64. The molecular formula is C12H13F. The number of benzene rings is 1. The average Bonchev–Trinajstić information content (AvgIpc) is 2.12. The van der Waals surface area contributed by atoms with Gasteiger partial charge in [0.2, 0.25) is 0 Å². The van der Waals surface area contributed by atoms with Gasteiger partial charge in [0.05, 0.1) is 0 Å². The van der Waals surface area contributed by atoms with Gasteiger partial charge in [-0.2, -0.15) is 0 Å². The molecule has 1 aromatic rings. The molecular weight excluding hydrogens is 163 g/mol. The van der Waals surface area contributed by atoms with Crippen LogP contribution in [0.3, 0.4) is 0 Å². The molecule has 0 heterocycles. The highest BCUT2D eigenvalue weighted by Crippen LogP contribution is 2.27. The van der Waals surface area contributed by atoms with Crippen molar-refractivity contribution in [3.05, 3.63) is 40.7 Å². The Morgan fingerprint density at radius 2 is 2.15 bits per heavy atom. The van der Waals surface area contributed by atoms with Crippen molar-refractivity contribution in [2.75, 3.05) is 0 Å². The van der Waals surface area contributed by atoms with Crippen LogP contribution in [0.25, 0.3) is 6.08 Å². The molecule has 2 rings (SSSR count). The SMILES string of the molecule is Cc1ccc(F)c2c1CC(C)C=C2. The third-order valence-electron chi connectivity index (χ3n) is 2.66. The fraction of sp³-hybridized carbons (Fsp3) is 0.333. The second-order valence-corrected chi connectivity index (χ2v) is 3.80. The van der Waals surface area contributed by atoms with Crippen molar-refractivity contribution in [1.29, 1.82) is 0 Å². The Morgan fingerprint density at radius 3 is 2.92 bits per heavy atom. The van der Waals surface area contributed by atoms with E-state index in [2.05, 4.69) is 13.0 Å². The van der Waals surface area contributed by atoms with Crippen LogP contribution >= 0.6 is 0 Å². The van der Waals surface area contributed by atoms with Crippen LogP contribution in [-0.4, -0.2) is 0 Å². The molecule has 1 aromatic carbocycles. The van der Waals surface area contributed by atoms with E-state index in [0.29, 0.717) is 5.92 Å². The molecule has 0 fully saturated rings. The Labute approximate surface area is 78.1 Å². The van der Waals surface area contributed by atoms with Crippen LogP contribution in [0.15, 0.2) is 18.2 Å². The molecule has 0 bridgehead atoms. The van der Waals surface area contributed by atoms with Gasteiger partial charge >= 0.3 is 0 Å². The highest BCUT2D eigenvalue weighted by atomic mass is 19.1. The van der Waals surface area contributed by atoms with Crippen LogP contribution in [0.1, 0.15) is 23.6 Å². The molecule has 0 N–H and O–H groups in total. The maximum Gasteiger partial charge on any atom is 0.130 e. The van der Waals surface area contributed by atoms with Crippen molar-refractivity contribution in [1.82, 2.24) is 0 Å². The van der Waals surface area contributed by atoms with Crippen LogP contribution in [0.5, 0.6) is 0 Å². The molecule has 1 unspecified atom stereocenters. The summed E-state index contributed by atoms with van der Waals surface area (Å²) in [6.45, 7) is 4.20. The zero-order chi connectivity index (χ0) is 9.42. The van der Waals surface area contributed by atoms with Crippen LogP contribution in [0, 0.1) is 18.7 Å². The maximum atomic E-state index is 13.3. The van der Waals surface area contributed by atoms with E-state index >= 15 is 0 Å². The van der Waals surface area contributed by atoms with Crippen molar-refractivity contribution in [2.24, 2.45) is 5.92 Å². The zero-order valence-corrected chi connectivity index (χ0v) is 7.97. The quantitative estimate of drug-likeness (QED) is 0.568. The molecule has 0 aromatic heterocycles. The largest absolute Gasteiger partial charge is 0.206 e. The Morgan fingerprint density at radius 1 is 1.38 bits per heavy atom. The third-order valence-corrected chi connectivity index (χ3v) is 2.66. The predicted molar refractivity (Wildman–Crippen MR) is 53.0 cm³/mol. The van der Waals surface area contributed by atoms with Gasteiger partial charge in [-0.3, -0.25) is 0 Å². The van der Waals surface area contributed by atoms with Crippen LogP contribution < -0.4 is 0 Å². The van der Waals surface area contributed by atoms with Gasteiger partial charge in [-0.25, -0.2) is 4.39 Å². The van der Waals surface area contributed by atoms with Crippen molar-refractivity contribution < 1.29 is 4.39 Å². The molecule has 0 spiro atoms. The molecule has 0 saturated carbocycles. The first-order valence-corrected chi connectivity index (χ1v) is 4.64. The number of allylic oxidation sites excluding steroid dienone is 1. The molecule has 0 radical (unpaired) electrons. The number of hydrogen-bond acceptors (Lipinski definition) is 0. The van der Waals surface area contributed by atoms with Gasteiger partial charge in [-0.15, -0.1) is 0 Å². The van der Waals surface area contributed by atoms with Gasteiger partial charge < -0.3 is 0 Å². The normalized spacial score (nSPS) is 20.1. The fourth-order valence-electron chi connectivity index (χ4n) is 1.85. The van der Waals surface area contributed by atoms with Crippen LogP contribution in [0.4, 0.5) is 4.39 Å². The number of aryl methyl sites for hydroxylation is 1. The monoisotopic (exact) mass is 176 g/mol. The fourth-order valence-corrected chi connectivity index (χ4v) is 1.85. The van der Waals surface area contributed by atoms with E-state index < -0.39 is 0 Å². The second-order valence-electron chi connectivity index (χ2n) is 3.80. The van der Waals surface area contributed by atoms with E-state index in [0.717, 1.165) is 12.0 Å². The third kappa shape index (κ3) is 1.39. The minimum absolute atomic E-state index is 0.0937. The molecule has 1 atom stereocenters. The molecule has 1 aliphatic rings. The summed E-state index contributed by atoms with van der Waals surface area (Å²) in [6.07, 6.45) is 4.95. The maximum absolute atomic E-state index is 13.3. The standard InChI is InChI=1S/C12H13F/c1-8-3-5-10-11(7-8)9(2)4-6-12(10)13/h3-6,8H,7H2,1-2H3. The van der Waals surface area contributed by atoms with Gasteiger partial charge in [0.25, 0.3) is 0 Å². The zero-order valence-electron chi connectivity index (χ0n) is 7.97. The van der Waals surface area contributed by atoms with E-state index in [1.165, 1.54) is 11.1 Å². The highest BCUT2D eigenvalue weighted by Gasteiger charge is 2.14. The molecule has 1 heteroatoms. The van der Waals surface area contributed by atoms with E-state index in [1.54, 1.807) is 6.07 Å². The second kappa shape index (κ2) is 2.99. The van der Waals surface area contributed by atoms with Gasteiger partial charge in [0, 0.05) is 5.56 Å². The van der Waals surface area contributed by atoms with Gasteiger partial charge in [-0.05, 0) is 36.5 Å². The summed E-state index contributed by atoms with van der Waals surface area (Å²) >= 11 is 0. The lowest BCUT2D eigenvalue weighted by Gasteiger charge is -2.18. The average molecular weight is 176 g/mol. The van der Waals surface area contributed by atoms with Crippen LogP contribution in [0.2, 0.25) is 0 Å². The summed E-state index contributed by atoms with van der Waals surface area (Å²) in [4.78, 5) is 0. The molecule has 1 aliphatic carbocycles. The Kier molecular flexibility index (Phi) is 1.95. The summed E-state index contributed by atoms with van der Waals surface area (Å²) in [5.41, 5.74) is 3.17. The topological polar surface area (TPSA) is 0 Å². The molecule has 0 amide bonds. The highest BCUT2D eigenvalue weighted by molar-refractivity contribution is 5.59. The molecule has 0 saturated heterocycles. The van der Waals surface area contributed by atoms with Gasteiger partial charge in [0.15, 0.2) is 0 Å². The lowest BCUT2D eigenvalue weighted by Crippen LogP contribution is -2.06. The summed E-state index contributed by atoms with van der Waals surface area (Å²) in [6, 6.07) is 3.41. The minimum atomic E-state index is -0.0937. The minimum Gasteiger partial charge on any atom is -0.206 e. The summed E-state index contributed by atoms with van der Waals surface area (Å²) in [5, 5.41) is 0. The number of rotatable bonds is 0. The summed E-state index contributed by atoms with van der Waals surface area (Å²) < 4.78 is 13.3. The predicted octanol–water partition coefficient (Wildman–Crippen LogP) is 3.34. The van der Waals surface area contributed by atoms with E-state index in [9.17, 15) is 4.39 Å². The van der Waals surface area contributed by atoms with Gasteiger partial charge in [0.1, 0.15) is 5.82 Å². The molecule has 13 heavy (non-hydrogen) atoms. The number of halogens is 1. The number of hydrogen-bond donors (Lipinski definition) is 0. The Hall–Kier alpha value is -1.11. The lowest BCUT2D eigenvalue weighted by molar-refractivity contribution is 0.613. The Bertz CT molecular complexity index is 364. The first-order chi connectivity index (χ1) is 6.18. The van der Waals surface area contributed by atoms with Crippen molar-refractivity contribution >= 4 is 6.08 Å². The first kappa shape index (κ1) is 8.49. The molecule has 68 valence electrons. The molecule has 0 aliphatic heterocycles. The van der Waals surface area contributed by atoms with E-state index in [4.69, 9.17) is 0 Å². The lowest BCUT2D eigenvalue weighted by atomic mass is 9.88. The van der Waals surface area contributed by atoms with Crippen molar-refractivity contribution in [3.8, 4) is 0 Å². The smallest absolute Gasteiger partial charge is 0.130 e. The van der Waals surface area contributed by atoms with Crippen molar-refractivity contribution in [3.63, 3.8) is 0 Å². The van der Waals surface area contributed by atoms with Gasteiger partial charge in [-0.1, -0.05) is 25.1 Å². The van der Waals surface area contributed by atoms with E-state index in [-0.39, 0.29) is 5.82 Å². The van der Waals surface area contributed by atoms with E-state index in [1.807, 2.05) is 19.1 Å². The summed E-state index contributed by atoms with van der Waals surface area (Å²) in [7, 11) is 0. The molecule has 0 nitrogen and oxygen atoms in total. The summed E-state index contributed by atoms with van der Waals surface area (Å²) in [5.74, 6) is 0.441. The number of fused-ring (bicyclic) bond motifs is 1. The Balaban J connectivity index is 2.60.